The van der Waals surface area contributed by atoms with Gasteiger partial charge in [0.05, 0.1) is 12.0 Å². The molecule has 1 saturated heterocycles. The first-order chi connectivity index (χ1) is 12.3. The number of ether oxygens (including phenoxy) is 1. The van der Waals surface area contributed by atoms with Crippen LogP contribution in [0.4, 0.5) is 0 Å². The Balaban J connectivity index is 1.98. The first-order valence-electron chi connectivity index (χ1n) is 8.52. The monoisotopic (exact) mass is 383 g/mol. The van der Waals surface area contributed by atoms with Crippen LogP contribution in [0, 0.1) is 0 Å². The number of carbonyl (C=O) groups excluding carboxylic acids is 2. The van der Waals surface area contributed by atoms with E-state index in [0.29, 0.717) is 25.3 Å². The Hall–Kier alpha value is -2.13. The second-order valence-corrected chi connectivity index (χ2v) is 7.99. The van der Waals surface area contributed by atoms with Crippen molar-refractivity contribution in [2.75, 3.05) is 33.3 Å². The van der Waals surface area contributed by atoms with E-state index >= 15 is 0 Å². The Bertz CT molecular complexity index is 740. The van der Waals surface area contributed by atoms with Crippen LogP contribution >= 0.6 is 0 Å². The van der Waals surface area contributed by atoms with Gasteiger partial charge in [-0.05, 0) is 31.2 Å². The summed E-state index contributed by atoms with van der Waals surface area (Å²) in [5, 5.41) is 2.63. The topological polar surface area (TPSA) is 96.0 Å². The van der Waals surface area contributed by atoms with Gasteiger partial charge in [-0.1, -0.05) is 6.92 Å². The van der Waals surface area contributed by atoms with Crippen LogP contribution in [0.15, 0.2) is 29.2 Å². The molecule has 0 radical (unpaired) electrons. The van der Waals surface area contributed by atoms with Gasteiger partial charge in [0.2, 0.25) is 21.8 Å². The number of nitrogens with one attached hydrogen (secondary N) is 1. The molecule has 1 heterocycles. The summed E-state index contributed by atoms with van der Waals surface area (Å²) in [5.74, 6) is 0.197. The third-order valence-electron chi connectivity index (χ3n) is 4.32. The van der Waals surface area contributed by atoms with Gasteiger partial charge in [0.1, 0.15) is 11.8 Å². The van der Waals surface area contributed by atoms with Gasteiger partial charge in [-0.15, -0.1) is 0 Å². The molecule has 0 saturated carbocycles. The summed E-state index contributed by atoms with van der Waals surface area (Å²) in [6.45, 7) is 4.37. The number of rotatable bonds is 6. The molecule has 0 spiro atoms. The Kier molecular flexibility index (Phi) is 6.60. The maximum atomic E-state index is 12.7. The van der Waals surface area contributed by atoms with Crippen LogP contribution in [-0.4, -0.2) is 68.8 Å². The van der Waals surface area contributed by atoms with E-state index in [0.717, 1.165) is 0 Å². The molecule has 0 aromatic heterocycles. The molecule has 144 valence electrons. The standard InChI is InChI=1S/C17H25N3O5S/c1-4-16(21)18-13(2)17(22)19-9-11-20(12-10-19)26(23,24)15-7-5-14(25-3)6-8-15/h5-8,13H,4,9-12H2,1-3H3,(H,18,21)/t13-/m0/s1. The number of sulfonamides is 1. The molecule has 0 bridgehead atoms. The average molecular weight is 383 g/mol. The van der Waals surface area contributed by atoms with Crippen LogP contribution in [0.25, 0.3) is 0 Å². The van der Waals surface area contributed by atoms with Crippen molar-refractivity contribution >= 4 is 21.8 Å². The number of hydrogen-bond acceptors (Lipinski definition) is 5. The van der Waals surface area contributed by atoms with E-state index in [1.165, 1.54) is 23.5 Å². The fourth-order valence-electron chi connectivity index (χ4n) is 2.72. The molecule has 0 aliphatic carbocycles. The van der Waals surface area contributed by atoms with Crippen LogP contribution in [0.1, 0.15) is 20.3 Å². The van der Waals surface area contributed by atoms with Crippen molar-refractivity contribution in [2.24, 2.45) is 0 Å². The highest BCUT2D eigenvalue weighted by molar-refractivity contribution is 7.89. The number of nitrogens with zero attached hydrogens (tertiary/aromatic N) is 2. The minimum atomic E-state index is -3.61. The van der Waals surface area contributed by atoms with E-state index < -0.39 is 16.1 Å². The predicted octanol–water partition coefficient (Wildman–Crippen LogP) is 0.443. The molecule has 26 heavy (non-hydrogen) atoms. The zero-order valence-corrected chi connectivity index (χ0v) is 16.1. The van der Waals surface area contributed by atoms with Crippen molar-refractivity contribution in [1.82, 2.24) is 14.5 Å². The van der Waals surface area contributed by atoms with Crippen LogP contribution in [0.3, 0.4) is 0 Å². The van der Waals surface area contributed by atoms with E-state index in [1.54, 1.807) is 30.9 Å². The average Bonchev–Trinajstić information content (AvgIpc) is 2.67. The van der Waals surface area contributed by atoms with Crippen molar-refractivity contribution < 1.29 is 22.7 Å². The van der Waals surface area contributed by atoms with Crippen LogP contribution in [-0.2, 0) is 19.6 Å². The maximum absolute atomic E-state index is 12.7. The largest absolute Gasteiger partial charge is 0.497 e. The van der Waals surface area contributed by atoms with Crippen LogP contribution < -0.4 is 10.1 Å². The fraction of sp³-hybridized carbons (Fsp3) is 0.529. The molecule has 1 aromatic carbocycles. The second-order valence-electron chi connectivity index (χ2n) is 6.05. The van der Waals surface area contributed by atoms with Crippen molar-refractivity contribution in [3.05, 3.63) is 24.3 Å². The first-order valence-corrected chi connectivity index (χ1v) is 9.96. The summed E-state index contributed by atoms with van der Waals surface area (Å²) in [7, 11) is -2.09. The van der Waals surface area contributed by atoms with Crippen LogP contribution in [0.5, 0.6) is 5.75 Å². The third kappa shape index (κ3) is 4.53. The summed E-state index contributed by atoms with van der Waals surface area (Å²) in [6, 6.07) is 5.60. The first kappa shape index (κ1) is 20.2. The molecule has 1 aliphatic rings. The van der Waals surface area contributed by atoms with E-state index in [1.807, 2.05) is 0 Å². The lowest BCUT2D eigenvalue weighted by Gasteiger charge is -2.35. The second kappa shape index (κ2) is 8.50. The van der Waals surface area contributed by atoms with Crippen molar-refractivity contribution in [3.8, 4) is 5.75 Å². The minimum absolute atomic E-state index is 0.188. The predicted molar refractivity (Wildman–Crippen MR) is 96.2 cm³/mol. The number of piperazine rings is 1. The molecule has 2 amide bonds. The summed E-state index contributed by atoms with van der Waals surface area (Å²) in [4.78, 5) is 25.6. The Morgan fingerprint density at radius 3 is 2.23 bits per heavy atom. The van der Waals surface area contributed by atoms with Gasteiger partial charge in [0, 0.05) is 32.6 Å². The molecule has 0 unspecified atom stereocenters. The fourth-order valence-corrected chi connectivity index (χ4v) is 4.15. The zero-order valence-electron chi connectivity index (χ0n) is 15.3. The summed E-state index contributed by atoms with van der Waals surface area (Å²) < 4.78 is 31.8. The van der Waals surface area contributed by atoms with Gasteiger partial charge in [0.15, 0.2) is 0 Å². The minimum Gasteiger partial charge on any atom is -0.497 e. The van der Waals surface area contributed by atoms with Gasteiger partial charge in [-0.25, -0.2) is 8.42 Å². The number of benzene rings is 1. The molecule has 1 aliphatic heterocycles. The smallest absolute Gasteiger partial charge is 0.244 e. The maximum Gasteiger partial charge on any atom is 0.244 e. The highest BCUT2D eigenvalue weighted by atomic mass is 32.2. The van der Waals surface area contributed by atoms with Crippen LogP contribution in [0.2, 0.25) is 0 Å². The summed E-state index contributed by atoms with van der Waals surface area (Å²) in [6.07, 6.45) is 0.311. The van der Waals surface area contributed by atoms with E-state index in [-0.39, 0.29) is 29.8 Å². The molecule has 9 heteroatoms. The Morgan fingerprint density at radius 2 is 1.73 bits per heavy atom. The molecule has 1 fully saturated rings. The zero-order chi connectivity index (χ0) is 19.3. The lowest BCUT2D eigenvalue weighted by molar-refractivity contribution is -0.136. The number of amides is 2. The molecule has 1 atom stereocenters. The van der Waals surface area contributed by atoms with Gasteiger partial charge in [0.25, 0.3) is 0 Å². The number of methoxy groups -OCH3 is 1. The SMILES string of the molecule is CCC(=O)N[C@@H](C)C(=O)N1CCN(S(=O)(=O)c2ccc(OC)cc2)CC1. The molecule has 8 nitrogen and oxygen atoms in total. The third-order valence-corrected chi connectivity index (χ3v) is 6.23. The highest BCUT2D eigenvalue weighted by Gasteiger charge is 2.31. The summed E-state index contributed by atoms with van der Waals surface area (Å²) in [5.41, 5.74) is 0. The molecule has 2 rings (SSSR count). The Labute approximate surface area is 154 Å². The molecule has 1 aromatic rings. The molecular weight excluding hydrogens is 358 g/mol. The van der Waals surface area contributed by atoms with E-state index in [4.69, 9.17) is 4.74 Å². The van der Waals surface area contributed by atoms with Gasteiger partial charge in [-0.3, -0.25) is 9.59 Å². The lowest BCUT2D eigenvalue weighted by Crippen LogP contribution is -2.55. The van der Waals surface area contributed by atoms with Gasteiger partial charge < -0.3 is 15.0 Å². The normalized spacial score (nSPS) is 16.8. The van der Waals surface area contributed by atoms with Crippen molar-refractivity contribution in [3.63, 3.8) is 0 Å². The number of carbonyl (C=O) groups is 2. The van der Waals surface area contributed by atoms with E-state index in [9.17, 15) is 18.0 Å². The molecule has 1 N–H and O–H groups in total. The van der Waals surface area contributed by atoms with Crippen molar-refractivity contribution in [2.45, 2.75) is 31.2 Å². The highest BCUT2D eigenvalue weighted by Crippen LogP contribution is 2.20. The van der Waals surface area contributed by atoms with E-state index in [2.05, 4.69) is 5.32 Å². The van der Waals surface area contributed by atoms with Crippen molar-refractivity contribution in [1.29, 1.82) is 0 Å². The van der Waals surface area contributed by atoms with Gasteiger partial charge >= 0.3 is 0 Å². The summed E-state index contributed by atoms with van der Waals surface area (Å²) >= 11 is 0. The Morgan fingerprint density at radius 1 is 1.15 bits per heavy atom. The number of hydrogen-bond donors (Lipinski definition) is 1. The lowest BCUT2D eigenvalue weighted by atomic mass is 10.2. The molecular formula is C17H25N3O5S. The van der Waals surface area contributed by atoms with Gasteiger partial charge in [-0.2, -0.15) is 4.31 Å². The quantitative estimate of drug-likeness (QED) is 0.769.